The quantitative estimate of drug-likeness (QED) is 0.0528. The number of nitrogens with one attached hydrogen (secondary N) is 4. The highest BCUT2D eigenvalue weighted by Crippen LogP contribution is 2.18. The van der Waals surface area contributed by atoms with Crippen LogP contribution in [0.1, 0.15) is 129 Å². The third-order valence-electron chi connectivity index (χ3n) is 9.56. The van der Waals surface area contributed by atoms with Crippen LogP contribution in [0.3, 0.4) is 0 Å². The highest BCUT2D eigenvalue weighted by Gasteiger charge is 2.32. The van der Waals surface area contributed by atoms with Crippen molar-refractivity contribution in [2.24, 2.45) is 5.92 Å². The zero-order valence-electron chi connectivity index (χ0n) is 32.9. The van der Waals surface area contributed by atoms with Gasteiger partial charge in [-0.15, -0.1) is 0 Å². The van der Waals surface area contributed by atoms with Crippen molar-refractivity contribution >= 4 is 46.3 Å². The van der Waals surface area contributed by atoms with Crippen LogP contribution in [-0.4, -0.2) is 81.7 Å². The fourth-order valence-electron chi connectivity index (χ4n) is 6.47. The van der Waals surface area contributed by atoms with E-state index in [1.54, 1.807) is 19.9 Å². The molecule has 0 aliphatic rings. The van der Waals surface area contributed by atoms with Gasteiger partial charge in [0, 0.05) is 12.8 Å². The Labute approximate surface area is 325 Å². The molecule has 13 nitrogen and oxygen atoms in total. The van der Waals surface area contributed by atoms with Gasteiger partial charge in [-0.25, -0.2) is 4.79 Å². The Morgan fingerprint density at radius 3 is 1.65 bits per heavy atom. The van der Waals surface area contributed by atoms with Crippen LogP contribution in [0.25, 0.3) is 10.8 Å². The van der Waals surface area contributed by atoms with E-state index >= 15 is 0 Å². The molecule has 0 unspecified atom stereocenters. The molecule has 4 amide bonds. The van der Waals surface area contributed by atoms with E-state index in [2.05, 4.69) is 28.2 Å². The van der Waals surface area contributed by atoms with E-state index in [1.165, 1.54) is 57.8 Å². The number of fused-ring (bicyclic) bond motifs is 1. The normalized spacial score (nSPS) is 13.4. The van der Waals surface area contributed by atoms with E-state index in [0.717, 1.165) is 30.0 Å². The Morgan fingerprint density at radius 2 is 1.11 bits per heavy atom. The fourth-order valence-corrected chi connectivity index (χ4v) is 6.47. The minimum absolute atomic E-state index is 0.0725. The summed E-state index contributed by atoms with van der Waals surface area (Å²) < 4.78 is 0. The fraction of sp³-hybridized carbons (Fsp3) is 0.619. The minimum Gasteiger partial charge on any atom is -0.481 e. The Balaban J connectivity index is 2.05. The largest absolute Gasteiger partial charge is 0.481 e. The Hall–Kier alpha value is -4.52. The number of amides is 4. The number of aliphatic hydroxyl groups excluding tert-OH is 1. The first-order chi connectivity index (χ1) is 26.3. The number of hydrogen-bond acceptors (Lipinski definition) is 7. The lowest BCUT2D eigenvalue weighted by Gasteiger charge is -2.25. The van der Waals surface area contributed by atoms with Gasteiger partial charge in [-0.1, -0.05) is 140 Å². The molecule has 0 saturated carbocycles. The monoisotopic (exact) mass is 768 g/mol. The molecule has 2 aromatic rings. The zero-order chi connectivity index (χ0) is 40.6. The Morgan fingerprint density at radius 1 is 0.600 bits per heavy atom. The van der Waals surface area contributed by atoms with Crippen LogP contribution in [-0.2, 0) is 35.2 Å². The molecule has 0 aliphatic heterocycles. The average Bonchev–Trinajstić information content (AvgIpc) is 3.14. The lowest BCUT2D eigenvalue weighted by atomic mass is 10.00. The van der Waals surface area contributed by atoms with Crippen molar-refractivity contribution < 1.29 is 44.1 Å². The summed E-state index contributed by atoms with van der Waals surface area (Å²) >= 11 is 0. The van der Waals surface area contributed by atoms with E-state index in [4.69, 9.17) is 0 Å². The number of carbonyl (C=O) groups excluding carboxylic acids is 4. The number of benzene rings is 2. The molecule has 4 atom stereocenters. The van der Waals surface area contributed by atoms with E-state index in [1.807, 2.05) is 36.4 Å². The van der Waals surface area contributed by atoms with Crippen molar-refractivity contribution in [3.05, 3.63) is 48.0 Å². The summed E-state index contributed by atoms with van der Waals surface area (Å²) in [7, 11) is 0. The van der Waals surface area contributed by atoms with Crippen molar-refractivity contribution in [2.75, 3.05) is 6.61 Å². The molecular weight excluding hydrogens is 704 g/mol. The van der Waals surface area contributed by atoms with Crippen molar-refractivity contribution in [3.8, 4) is 0 Å². The predicted molar refractivity (Wildman–Crippen MR) is 212 cm³/mol. The molecule has 306 valence electrons. The van der Waals surface area contributed by atoms with Gasteiger partial charge in [-0.2, -0.15) is 0 Å². The van der Waals surface area contributed by atoms with Gasteiger partial charge in [-0.3, -0.25) is 24.0 Å². The molecule has 13 heteroatoms. The van der Waals surface area contributed by atoms with Crippen LogP contribution >= 0.6 is 0 Å². The summed E-state index contributed by atoms with van der Waals surface area (Å²) in [6.45, 7) is 5.01. The van der Waals surface area contributed by atoms with E-state index in [9.17, 15) is 44.1 Å². The molecule has 0 aromatic heterocycles. The first-order valence-electron chi connectivity index (χ1n) is 20.1. The molecule has 0 aliphatic carbocycles. The van der Waals surface area contributed by atoms with Crippen LogP contribution in [0.4, 0.5) is 0 Å². The van der Waals surface area contributed by atoms with Crippen molar-refractivity contribution in [1.82, 2.24) is 21.3 Å². The van der Waals surface area contributed by atoms with E-state index in [-0.39, 0.29) is 25.2 Å². The molecule has 0 radical (unpaired) electrons. The second kappa shape index (κ2) is 26.3. The van der Waals surface area contributed by atoms with Crippen LogP contribution in [0.5, 0.6) is 0 Å². The van der Waals surface area contributed by atoms with E-state index in [0.29, 0.717) is 12.0 Å². The van der Waals surface area contributed by atoms with Crippen LogP contribution in [0.15, 0.2) is 42.5 Å². The second-order valence-corrected chi connectivity index (χ2v) is 14.9. The number of aliphatic hydroxyl groups is 1. The SMILES string of the molecule is CCCCCCCCCCCCCCCC(=O)N[C@@H](CO)C(=O)N[C@@H](Cc1ccc2ccccc2c1)C(=O)N[C@@H](CC(=O)O)C(=O)N[C@@H](CC(C)C)C(=O)O. The van der Waals surface area contributed by atoms with Crippen molar-refractivity contribution in [2.45, 2.75) is 154 Å². The molecule has 2 rings (SSSR count). The predicted octanol–water partition coefficient (Wildman–Crippen LogP) is 5.40. The zero-order valence-corrected chi connectivity index (χ0v) is 32.9. The molecular formula is C42H64N4O9. The van der Waals surface area contributed by atoms with Gasteiger partial charge in [-0.05, 0) is 35.1 Å². The summed E-state index contributed by atoms with van der Waals surface area (Å²) in [5.74, 6) is -6.01. The summed E-state index contributed by atoms with van der Waals surface area (Å²) in [5, 5.41) is 40.8. The number of carbonyl (C=O) groups is 6. The first kappa shape index (κ1) is 46.6. The number of carboxylic acids is 2. The maximum Gasteiger partial charge on any atom is 0.326 e. The molecule has 0 heterocycles. The van der Waals surface area contributed by atoms with Crippen LogP contribution in [0, 0.1) is 5.92 Å². The van der Waals surface area contributed by atoms with Crippen molar-refractivity contribution in [1.29, 1.82) is 0 Å². The molecule has 2 aromatic carbocycles. The number of rotatable bonds is 29. The van der Waals surface area contributed by atoms with Crippen molar-refractivity contribution in [3.63, 3.8) is 0 Å². The molecule has 0 saturated heterocycles. The molecule has 0 fully saturated rings. The number of carboxylic acid groups (broad SMARTS) is 2. The minimum atomic E-state index is -1.66. The highest BCUT2D eigenvalue weighted by molar-refractivity contribution is 5.96. The van der Waals surface area contributed by atoms with Gasteiger partial charge in [0.2, 0.25) is 23.6 Å². The Bertz CT molecular complexity index is 1510. The van der Waals surface area contributed by atoms with Crippen LogP contribution < -0.4 is 21.3 Å². The number of aliphatic carboxylic acids is 2. The number of hydrogen-bond donors (Lipinski definition) is 7. The highest BCUT2D eigenvalue weighted by atomic mass is 16.4. The van der Waals surface area contributed by atoms with Crippen LogP contribution in [0.2, 0.25) is 0 Å². The third-order valence-corrected chi connectivity index (χ3v) is 9.56. The van der Waals surface area contributed by atoms with Gasteiger partial charge in [0.1, 0.15) is 24.2 Å². The van der Waals surface area contributed by atoms with Gasteiger partial charge < -0.3 is 36.6 Å². The van der Waals surface area contributed by atoms with Gasteiger partial charge in [0.25, 0.3) is 0 Å². The van der Waals surface area contributed by atoms with Gasteiger partial charge >= 0.3 is 11.9 Å². The molecule has 55 heavy (non-hydrogen) atoms. The molecule has 7 N–H and O–H groups in total. The van der Waals surface area contributed by atoms with Gasteiger partial charge in [0.15, 0.2) is 0 Å². The summed E-state index contributed by atoms with van der Waals surface area (Å²) in [6, 6.07) is 7.24. The smallest absolute Gasteiger partial charge is 0.326 e. The number of unbranched alkanes of at least 4 members (excludes halogenated alkanes) is 12. The summed E-state index contributed by atoms with van der Waals surface area (Å²) in [4.78, 5) is 76.6. The standard InChI is InChI=1S/C42H64N4O9/c1-4-5-6-7-8-9-10-11-12-13-14-15-16-21-37(48)43-36(28-47)41(53)44-33(26-30-22-23-31-19-17-18-20-32(31)25-30)39(51)45-34(27-38(49)50)40(52)46-35(42(54)55)24-29(2)3/h17-20,22-23,25,29,33-36,47H,4-16,21,24,26-28H2,1-3H3,(H,43,48)(H,44,53)(H,45,51)(H,46,52)(H,49,50)(H,54,55)/t33-,34-,35-,36-/m0/s1. The van der Waals surface area contributed by atoms with Gasteiger partial charge in [0.05, 0.1) is 13.0 Å². The first-order valence-corrected chi connectivity index (χ1v) is 20.1. The third kappa shape index (κ3) is 19.1. The Kier molecular flexibility index (Phi) is 22.3. The topological polar surface area (TPSA) is 211 Å². The maximum absolute atomic E-state index is 13.8. The molecule has 0 bridgehead atoms. The molecule has 0 spiro atoms. The maximum atomic E-state index is 13.8. The second-order valence-electron chi connectivity index (χ2n) is 14.9. The average molecular weight is 769 g/mol. The lowest BCUT2D eigenvalue weighted by Crippen LogP contribution is -2.59. The summed E-state index contributed by atoms with van der Waals surface area (Å²) in [5.41, 5.74) is 0.633. The lowest BCUT2D eigenvalue weighted by molar-refractivity contribution is -0.144. The van der Waals surface area contributed by atoms with E-state index < -0.39 is 72.8 Å². The summed E-state index contributed by atoms with van der Waals surface area (Å²) in [6.07, 6.45) is 14.4.